The topological polar surface area (TPSA) is 20.2 Å². The molecule has 7 unspecified atom stereocenters. The van der Waals surface area contributed by atoms with Crippen LogP contribution in [0.15, 0.2) is 11.6 Å². The Morgan fingerprint density at radius 2 is 1.80 bits per heavy atom. The fourth-order valence-electron chi connectivity index (χ4n) is 9.23. The summed E-state index contributed by atoms with van der Waals surface area (Å²) in [5, 5.41) is 10.3. The van der Waals surface area contributed by atoms with Crippen LogP contribution in [0.3, 0.4) is 0 Å². The van der Waals surface area contributed by atoms with Gasteiger partial charge in [-0.15, -0.1) is 0 Å². The molecule has 0 bridgehead atoms. The summed E-state index contributed by atoms with van der Waals surface area (Å²) in [4.78, 5) is 0. The molecule has 0 aromatic heterocycles. The van der Waals surface area contributed by atoms with Gasteiger partial charge in [-0.2, -0.15) is 0 Å². The highest BCUT2D eigenvalue weighted by Gasteiger charge is 2.60. The molecular weight excluding hydrogens is 364 g/mol. The van der Waals surface area contributed by atoms with E-state index in [0.717, 1.165) is 42.4 Å². The van der Waals surface area contributed by atoms with Crippen LogP contribution in [-0.4, -0.2) is 11.2 Å². The van der Waals surface area contributed by atoms with E-state index in [4.69, 9.17) is 0 Å². The first-order valence-electron chi connectivity index (χ1n) is 13.5. The Morgan fingerprint density at radius 1 is 1.03 bits per heavy atom. The van der Waals surface area contributed by atoms with Gasteiger partial charge in [-0.25, -0.2) is 0 Å². The molecular formula is C29H50O. The molecule has 0 amide bonds. The maximum atomic E-state index is 10.3. The van der Waals surface area contributed by atoms with Crippen LogP contribution in [-0.2, 0) is 0 Å². The number of aliphatic hydroxyl groups excluding tert-OH is 1. The molecule has 0 radical (unpaired) electrons. The predicted molar refractivity (Wildman–Crippen MR) is 128 cm³/mol. The van der Waals surface area contributed by atoms with Crippen LogP contribution >= 0.6 is 0 Å². The SMILES string of the molecule is CC(C)CCCCC(C)(C)C1CCC2C3CC=C4CC(O)CCC4(C)C3CCC21C. The van der Waals surface area contributed by atoms with Crippen LogP contribution in [0.25, 0.3) is 0 Å². The minimum Gasteiger partial charge on any atom is -0.393 e. The minimum atomic E-state index is -0.0814. The molecule has 0 spiro atoms. The largest absolute Gasteiger partial charge is 0.393 e. The number of rotatable bonds is 6. The lowest BCUT2D eigenvalue weighted by molar-refractivity contribution is -0.0695. The van der Waals surface area contributed by atoms with Crippen LogP contribution in [0, 0.1) is 45.8 Å². The van der Waals surface area contributed by atoms with E-state index in [0.29, 0.717) is 16.2 Å². The summed E-state index contributed by atoms with van der Waals surface area (Å²) in [5.74, 6) is 4.45. The van der Waals surface area contributed by atoms with Gasteiger partial charge in [0.25, 0.3) is 0 Å². The molecule has 0 aromatic carbocycles. The average molecular weight is 415 g/mol. The highest BCUT2D eigenvalue weighted by atomic mass is 16.3. The summed E-state index contributed by atoms with van der Waals surface area (Å²) in [6, 6.07) is 0. The number of hydrogen-bond donors (Lipinski definition) is 1. The summed E-state index contributed by atoms with van der Waals surface area (Å²) in [5.41, 5.74) is 3.04. The van der Waals surface area contributed by atoms with Gasteiger partial charge in [-0.3, -0.25) is 0 Å². The van der Waals surface area contributed by atoms with E-state index in [-0.39, 0.29) is 6.10 Å². The van der Waals surface area contributed by atoms with E-state index in [1.165, 1.54) is 64.2 Å². The highest BCUT2D eigenvalue weighted by Crippen LogP contribution is 2.68. The normalized spacial score (nSPS) is 43.7. The standard InChI is InChI=1S/C29H50O/c1-20(2)9-7-8-16-27(3,4)26-13-12-24-23-11-10-21-19-22(30)14-17-28(21,5)25(23)15-18-29(24,26)6/h10,20,22-26,30H,7-9,11-19H2,1-6H3. The fraction of sp³-hybridized carbons (Fsp3) is 0.931. The first-order chi connectivity index (χ1) is 14.1. The molecule has 172 valence electrons. The van der Waals surface area contributed by atoms with E-state index in [1.807, 2.05) is 0 Å². The molecule has 3 saturated carbocycles. The molecule has 4 aliphatic rings. The lowest BCUT2D eigenvalue weighted by atomic mass is 9.46. The molecule has 0 heterocycles. The van der Waals surface area contributed by atoms with Crippen LogP contribution in [0.5, 0.6) is 0 Å². The van der Waals surface area contributed by atoms with Gasteiger partial charge >= 0.3 is 0 Å². The lowest BCUT2D eigenvalue weighted by Gasteiger charge is -2.59. The van der Waals surface area contributed by atoms with E-state index in [2.05, 4.69) is 47.6 Å². The van der Waals surface area contributed by atoms with E-state index in [1.54, 1.807) is 5.57 Å². The molecule has 7 atom stereocenters. The Morgan fingerprint density at radius 3 is 2.53 bits per heavy atom. The summed E-state index contributed by atoms with van der Waals surface area (Å²) >= 11 is 0. The van der Waals surface area contributed by atoms with Gasteiger partial charge in [0.05, 0.1) is 6.10 Å². The second-order valence-electron chi connectivity index (χ2n) is 13.5. The van der Waals surface area contributed by atoms with Crippen molar-refractivity contribution < 1.29 is 5.11 Å². The average Bonchev–Trinajstić information content (AvgIpc) is 3.04. The second kappa shape index (κ2) is 8.24. The van der Waals surface area contributed by atoms with E-state index >= 15 is 0 Å². The Kier molecular flexibility index (Phi) is 6.28. The van der Waals surface area contributed by atoms with Crippen LogP contribution in [0.1, 0.15) is 119 Å². The monoisotopic (exact) mass is 414 g/mol. The summed E-state index contributed by atoms with van der Waals surface area (Å²) in [7, 11) is 0. The first-order valence-corrected chi connectivity index (χ1v) is 13.5. The third-order valence-electron chi connectivity index (χ3n) is 10.9. The smallest absolute Gasteiger partial charge is 0.0577 e. The van der Waals surface area contributed by atoms with Crippen molar-refractivity contribution in [3.63, 3.8) is 0 Å². The zero-order valence-electron chi connectivity index (χ0n) is 21.0. The quantitative estimate of drug-likeness (QED) is 0.343. The van der Waals surface area contributed by atoms with Crippen LogP contribution < -0.4 is 0 Å². The van der Waals surface area contributed by atoms with Gasteiger partial charge < -0.3 is 5.11 Å². The zero-order valence-corrected chi connectivity index (χ0v) is 21.0. The predicted octanol–water partition coefficient (Wildman–Crippen LogP) is 8.17. The molecule has 1 nitrogen and oxygen atoms in total. The highest BCUT2D eigenvalue weighted by molar-refractivity contribution is 5.25. The number of unbranched alkanes of at least 4 members (excludes halogenated alkanes) is 1. The fourth-order valence-corrected chi connectivity index (χ4v) is 9.23. The molecule has 1 N–H and O–H groups in total. The molecule has 3 fully saturated rings. The summed E-state index contributed by atoms with van der Waals surface area (Å²) in [6.07, 6.45) is 18.5. The van der Waals surface area contributed by atoms with Crippen molar-refractivity contribution in [3.8, 4) is 0 Å². The van der Waals surface area contributed by atoms with Gasteiger partial charge in [-0.1, -0.05) is 72.5 Å². The van der Waals surface area contributed by atoms with Crippen LogP contribution in [0.4, 0.5) is 0 Å². The lowest BCUT2D eigenvalue weighted by Crippen LogP contribution is -2.51. The van der Waals surface area contributed by atoms with Crippen LogP contribution in [0.2, 0.25) is 0 Å². The van der Waals surface area contributed by atoms with E-state index < -0.39 is 0 Å². The summed E-state index contributed by atoms with van der Waals surface area (Å²) < 4.78 is 0. The van der Waals surface area contributed by atoms with Gasteiger partial charge in [-0.05, 0) is 104 Å². The van der Waals surface area contributed by atoms with Crippen molar-refractivity contribution in [2.75, 3.05) is 0 Å². The molecule has 30 heavy (non-hydrogen) atoms. The number of allylic oxidation sites excluding steroid dienone is 1. The Hall–Kier alpha value is -0.300. The molecule has 1 heteroatoms. The van der Waals surface area contributed by atoms with Gasteiger partial charge in [0.2, 0.25) is 0 Å². The zero-order chi connectivity index (χ0) is 21.7. The van der Waals surface area contributed by atoms with Crippen molar-refractivity contribution in [1.82, 2.24) is 0 Å². The maximum Gasteiger partial charge on any atom is 0.0577 e. The first kappa shape index (κ1) is 22.9. The number of fused-ring (bicyclic) bond motifs is 5. The Bertz CT molecular complexity index is 645. The molecule has 0 saturated heterocycles. The Labute approximate surface area is 187 Å². The second-order valence-corrected chi connectivity index (χ2v) is 13.5. The number of aliphatic hydroxyl groups is 1. The minimum absolute atomic E-state index is 0.0814. The molecule has 0 aromatic rings. The van der Waals surface area contributed by atoms with Crippen molar-refractivity contribution in [1.29, 1.82) is 0 Å². The van der Waals surface area contributed by atoms with Gasteiger partial charge in [0, 0.05) is 0 Å². The van der Waals surface area contributed by atoms with Crippen molar-refractivity contribution in [2.24, 2.45) is 45.8 Å². The van der Waals surface area contributed by atoms with Gasteiger partial charge in [0.15, 0.2) is 0 Å². The molecule has 4 rings (SSSR count). The van der Waals surface area contributed by atoms with Crippen molar-refractivity contribution in [3.05, 3.63) is 11.6 Å². The third kappa shape index (κ3) is 3.84. The van der Waals surface area contributed by atoms with Crippen molar-refractivity contribution in [2.45, 2.75) is 125 Å². The maximum absolute atomic E-state index is 10.3. The molecule has 0 aliphatic heterocycles. The van der Waals surface area contributed by atoms with E-state index in [9.17, 15) is 5.11 Å². The van der Waals surface area contributed by atoms with Gasteiger partial charge in [0.1, 0.15) is 0 Å². The molecule has 4 aliphatic carbocycles. The summed E-state index contributed by atoms with van der Waals surface area (Å²) in [6.45, 7) is 15.2. The third-order valence-corrected chi connectivity index (χ3v) is 10.9. The Balaban J connectivity index is 1.48. The number of hydrogen-bond acceptors (Lipinski definition) is 1. The van der Waals surface area contributed by atoms with Crippen molar-refractivity contribution >= 4 is 0 Å².